The summed E-state index contributed by atoms with van der Waals surface area (Å²) >= 11 is 0. The molecular weight excluding hydrogens is 888 g/mol. The first-order valence-electron chi connectivity index (χ1n) is 22.0. The van der Waals surface area contributed by atoms with E-state index in [1.807, 2.05) is 0 Å². The number of aliphatic hydroxyl groups is 4. The van der Waals surface area contributed by atoms with E-state index in [1.54, 1.807) is 0 Å². The predicted molar refractivity (Wildman–Crippen MR) is 202 cm³/mol. The highest BCUT2D eigenvalue weighted by Gasteiger charge is 2.78. The van der Waals surface area contributed by atoms with Crippen LogP contribution in [-0.2, 0) is 14.4 Å². The van der Waals surface area contributed by atoms with Crippen LogP contribution in [0.5, 0.6) is 0 Å². The number of nitrogens with one attached hydrogen (secondary N) is 4. The minimum Gasteiger partial charge on any atom is -0.392 e. The van der Waals surface area contributed by atoms with Crippen molar-refractivity contribution in [2.75, 3.05) is 7.05 Å². The maximum atomic E-state index is 15.1. The Kier molecular flexibility index (Phi) is 16.0. The van der Waals surface area contributed by atoms with E-state index in [9.17, 15) is 34.8 Å². The minimum atomic E-state index is -5.87. The summed E-state index contributed by atoms with van der Waals surface area (Å²) in [4.78, 5) is 38.7. The molecule has 5 aliphatic carbocycles. The van der Waals surface area contributed by atoms with E-state index >= 15 is 52.7 Å². The lowest BCUT2D eigenvalue weighted by Gasteiger charge is -2.53. The van der Waals surface area contributed by atoms with Gasteiger partial charge in [-0.25, -0.2) is 0 Å². The van der Waals surface area contributed by atoms with Crippen molar-refractivity contribution in [3.63, 3.8) is 0 Å². The number of carbonyl (C=O) groups excluding carboxylic acids is 3. The summed E-state index contributed by atoms with van der Waals surface area (Å²) in [5.41, 5.74) is -8.54. The molecule has 23 heteroatoms. The van der Waals surface area contributed by atoms with Crippen molar-refractivity contribution in [1.82, 2.24) is 21.3 Å². The minimum absolute atomic E-state index is 0.0505. The average Bonchev–Trinajstić information content (AvgIpc) is 3.17. The van der Waals surface area contributed by atoms with Crippen LogP contribution in [0.2, 0.25) is 0 Å². The summed E-state index contributed by atoms with van der Waals surface area (Å²) in [6.07, 6.45) is -36.7. The molecule has 0 radical (unpaired) electrons. The summed E-state index contributed by atoms with van der Waals surface area (Å²) < 4.78 is 181. The Bertz CT molecular complexity index is 1590. The second-order valence-corrected chi connectivity index (χ2v) is 19.0. The molecule has 12 unspecified atom stereocenters. The molecule has 11 nitrogen and oxygen atoms in total. The molecule has 3 amide bonds. The summed E-state index contributed by atoms with van der Waals surface area (Å²) in [6.45, 7) is 1.01. The molecule has 8 N–H and O–H groups in total. The highest BCUT2D eigenvalue weighted by molar-refractivity contribution is 5.81. The lowest BCUT2D eigenvalue weighted by Crippen LogP contribution is -2.64. The van der Waals surface area contributed by atoms with Crippen molar-refractivity contribution in [3.05, 3.63) is 0 Å². The topological polar surface area (TPSA) is 180 Å². The first kappa shape index (κ1) is 52.3. The summed E-state index contributed by atoms with van der Waals surface area (Å²) in [7, 11) is 1.32. The van der Waals surface area contributed by atoms with Crippen molar-refractivity contribution in [1.29, 1.82) is 0 Å². The zero-order chi connectivity index (χ0) is 48.0. The summed E-state index contributed by atoms with van der Waals surface area (Å²) in [6, 6.07) is -5.46. The van der Waals surface area contributed by atoms with Crippen LogP contribution < -0.4 is 21.3 Å². The molecule has 0 aromatic rings. The van der Waals surface area contributed by atoms with Gasteiger partial charge in [-0.3, -0.25) is 14.4 Å². The van der Waals surface area contributed by atoms with Crippen molar-refractivity contribution in [2.45, 2.75) is 183 Å². The van der Waals surface area contributed by atoms with Crippen LogP contribution in [0.15, 0.2) is 0 Å². The van der Waals surface area contributed by atoms with E-state index in [2.05, 4.69) is 21.3 Å². The molecule has 0 saturated heterocycles. The van der Waals surface area contributed by atoms with Crippen molar-refractivity contribution < 1.29 is 87.5 Å². The molecule has 5 rings (SSSR count). The highest BCUT2D eigenvalue weighted by Crippen LogP contribution is 2.66. The van der Waals surface area contributed by atoms with Crippen LogP contribution in [0.25, 0.3) is 0 Å². The van der Waals surface area contributed by atoms with E-state index in [0.717, 1.165) is 6.92 Å². The van der Waals surface area contributed by atoms with E-state index in [1.165, 1.54) is 7.05 Å². The fraction of sp³-hybridized carbons (Fsp3) is 0.927. The molecule has 5 fully saturated rings. The Morgan fingerprint density at radius 2 is 0.656 bits per heavy atom. The van der Waals surface area contributed by atoms with Crippen LogP contribution in [0.3, 0.4) is 0 Å². The van der Waals surface area contributed by atoms with Crippen molar-refractivity contribution in [2.24, 2.45) is 46.3 Å². The third kappa shape index (κ3) is 10.1. The first-order chi connectivity index (χ1) is 29.5. The van der Waals surface area contributed by atoms with Gasteiger partial charge >= 0.3 is 24.7 Å². The molecule has 12 atom stereocenters. The van der Waals surface area contributed by atoms with Crippen LogP contribution in [-0.4, -0.2) is 118 Å². The van der Waals surface area contributed by atoms with Crippen molar-refractivity contribution >= 4 is 17.7 Å². The fourth-order valence-electron chi connectivity index (χ4n) is 12.4. The van der Waals surface area contributed by atoms with E-state index in [0.29, 0.717) is 0 Å². The van der Waals surface area contributed by atoms with Crippen molar-refractivity contribution in [3.8, 4) is 0 Å². The average molecular weight is 949 g/mol. The van der Waals surface area contributed by atoms with Gasteiger partial charge < -0.3 is 41.7 Å². The molecule has 0 aromatic heterocycles. The molecule has 0 aromatic carbocycles. The largest absolute Gasteiger partial charge is 0.403 e. The molecule has 370 valence electrons. The van der Waals surface area contributed by atoms with E-state index < -0.39 is 208 Å². The van der Waals surface area contributed by atoms with Crippen LogP contribution >= 0.6 is 0 Å². The van der Waals surface area contributed by atoms with Gasteiger partial charge in [-0.2, -0.15) is 52.7 Å². The molecule has 0 spiro atoms. The zero-order valence-electron chi connectivity index (χ0n) is 35.4. The molecule has 0 aliphatic heterocycles. The Labute approximate surface area is 362 Å². The molecular formula is C41H60F12N4O7. The third-order valence-electron chi connectivity index (χ3n) is 15.6. The van der Waals surface area contributed by atoms with Crippen LogP contribution in [0, 0.1) is 46.3 Å². The zero-order valence-corrected chi connectivity index (χ0v) is 35.4. The maximum Gasteiger partial charge on any atom is 0.403 e. The number of halogens is 12. The third-order valence-corrected chi connectivity index (χ3v) is 15.6. The maximum absolute atomic E-state index is 15.1. The second kappa shape index (κ2) is 19.5. The Morgan fingerprint density at radius 3 is 0.906 bits per heavy atom. The highest BCUT2D eigenvalue weighted by atomic mass is 19.4. The number of rotatable bonds is 10. The smallest absolute Gasteiger partial charge is 0.392 e. The quantitative estimate of drug-likeness (QED) is 0.128. The van der Waals surface area contributed by atoms with Gasteiger partial charge in [-0.05, 0) is 133 Å². The monoisotopic (exact) mass is 948 g/mol. The number of aliphatic hydroxyl groups excluding tert-OH is 4. The summed E-state index contributed by atoms with van der Waals surface area (Å²) in [5.74, 6) is -12.6. The summed E-state index contributed by atoms with van der Waals surface area (Å²) in [5, 5.41) is 51.8. The molecule has 5 saturated carbocycles. The Hall–Kier alpha value is -2.63. The van der Waals surface area contributed by atoms with Crippen LogP contribution in [0.4, 0.5) is 52.7 Å². The van der Waals surface area contributed by atoms with Gasteiger partial charge in [0.1, 0.15) is 0 Å². The fourth-order valence-corrected chi connectivity index (χ4v) is 12.4. The van der Waals surface area contributed by atoms with Gasteiger partial charge in [0.15, 0.2) is 10.8 Å². The molecule has 0 bridgehead atoms. The van der Waals surface area contributed by atoms with Gasteiger partial charge in [-0.1, -0.05) is 0 Å². The second-order valence-electron chi connectivity index (χ2n) is 19.0. The number of likely N-dealkylation sites (N-methyl/N-ethyl adjacent to an activating group) is 1. The van der Waals surface area contributed by atoms with E-state index in [4.69, 9.17) is 0 Å². The number of hydrogen-bond donors (Lipinski definition) is 8. The van der Waals surface area contributed by atoms with E-state index in [-0.39, 0.29) is 32.1 Å². The standard InChI is InChI=1S/C41H60F12N4O7/c1-19(58)55-27-16-23(8-12-31(27)60)37(40(48,49)50,41(51,52)53)25-10-14-33(62)29(18-25)57-35(64)21-5-3-20(4-6-21)34(63)56-28-17-24(9-13-32(28)61)36(38(42,43)44,39(45,46)47)22-7-11-30(59)26(15-22)54-2/h20-33,54,59-62H,3-18H2,1-2H3,(H,55,58)(H,56,63)(H,57,64). The van der Waals surface area contributed by atoms with Gasteiger partial charge in [0.05, 0.1) is 42.5 Å². The number of carbonyl (C=O) groups is 3. The molecule has 5 aliphatic rings. The van der Waals surface area contributed by atoms with Crippen LogP contribution in [0.1, 0.15) is 110 Å². The first-order valence-corrected chi connectivity index (χ1v) is 22.0. The van der Waals surface area contributed by atoms with Gasteiger partial charge in [0.2, 0.25) is 17.7 Å². The number of hydrogen-bond acceptors (Lipinski definition) is 8. The number of amides is 3. The van der Waals surface area contributed by atoms with Gasteiger partial charge in [0, 0.05) is 24.8 Å². The lowest BCUT2D eigenvalue weighted by atomic mass is 9.56. The number of alkyl halides is 12. The molecule has 0 heterocycles. The predicted octanol–water partition coefficient (Wildman–Crippen LogP) is 5.72. The Balaban J connectivity index is 1.25. The SMILES string of the molecule is CNC1CC(C(C2CCC(O)C(NC(=O)C3CCC(C(=O)NC4CC(C(C5CCC(O)C(NC(C)=O)C5)(C(F)(F)F)C(F)(F)F)CCC4O)CC3)C2)(C(F)(F)F)C(F)(F)F)CCC1O. The lowest BCUT2D eigenvalue weighted by molar-refractivity contribution is -0.384. The molecule has 64 heavy (non-hydrogen) atoms. The normalized spacial score (nSPS) is 36.5. The Morgan fingerprint density at radius 1 is 0.406 bits per heavy atom. The van der Waals surface area contributed by atoms with Gasteiger partial charge in [-0.15, -0.1) is 0 Å². The van der Waals surface area contributed by atoms with Gasteiger partial charge in [0.25, 0.3) is 0 Å².